The molecule has 0 atom stereocenters. The lowest BCUT2D eigenvalue weighted by atomic mass is 10.1. The molecular weight excluding hydrogens is 435 g/mol. The molecule has 0 N–H and O–H groups in total. The van der Waals surface area contributed by atoms with E-state index in [2.05, 4.69) is 0 Å². The first kappa shape index (κ1) is 20.6. The van der Waals surface area contributed by atoms with Gasteiger partial charge in [-0.25, -0.2) is 12.8 Å². The fourth-order valence-corrected chi connectivity index (χ4v) is 7.23. The average molecular weight is 459 g/mol. The van der Waals surface area contributed by atoms with Crippen LogP contribution in [-0.4, -0.2) is 38.3 Å². The number of piperidine rings is 1. The molecule has 2 aromatic carbocycles. The van der Waals surface area contributed by atoms with E-state index in [1.54, 1.807) is 33.5 Å². The highest BCUT2D eigenvalue weighted by molar-refractivity contribution is 7.89. The maximum atomic E-state index is 13.7. The van der Waals surface area contributed by atoms with Crippen LogP contribution in [0.5, 0.6) is 0 Å². The minimum absolute atomic E-state index is 0.121. The Balaban J connectivity index is 1.46. The molecule has 1 saturated heterocycles. The first-order valence-electron chi connectivity index (χ1n) is 10.5. The average Bonchev–Trinajstić information content (AvgIpc) is 3.35. The molecule has 0 spiro atoms. The number of aryl methyl sites for hydroxylation is 1. The Morgan fingerprint density at radius 1 is 1.03 bits per heavy atom. The smallest absolute Gasteiger partial charge is 0.268 e. The van der Waals surface area contributed by atoms with E-state index >= 15 is 0 Å². The van der Waals surface area contributed by atoms with Gasteiger partial charge in [0.25, 0.3) is 5.91 Å². The molecule has 1 amide bonds. The monoisotopic (exact) mass is 458 g/mol. The Labute approximate surface area is 185 Å². The van der Waals surface area contributed by atoms with Crippen LogP contribution in [0, 0.1) is 12.7 Å². The predicted molar refractivity (Wildman–Crippen MR) is 121 cm³/mol. The molecule has 3 heterocycles. The molecule has 2 aliphatic rings. The number of hydrogen-bond acceptors (Lipinski definition) is 4. The molecule has 0 radical (unpaired) electrons. The van der Waals surface area contributed by atoms with E-state index < -0.39 is 10.0 Å². The van der Waals surface area contributed by atoms with Crippen LogP contribution in [0.2, 0.25) is 0 Å². The Bertz CT molecular complexity index is 1290. The second-order valence-electron chi connectivity index (χ2n) is 8.16. The Morgan fingerprint density at radius 3 is 2.58 bits per heavy atom. The summed E-state index contributed by atoms with van der Waals surface area (Å²) in [6.45, 7) is 3.48. The van der Waals surface area contributed by atoms with Crippen LogP contribution in [0.3, 0.4) is 0 Å². The second kappa shape index (κ2) is 7.69. The van der Waals surface area contributed by atoms with Crippen LogP contribution < -0.4 is 4.90 Å². The number of nitrogens with zero attached hydrogens (tertiary/aromatic N) is 2. The van der Waals surface area contributed by atoms with Gasteiger partial charge in [0.1, 0.15) is 5.82 Å². The van der Waals surface area contributed by atoms with Crippen molar-refractivity contribution in [2.75, 3.05) is 24.5 Å². The number of halogens is 1. The third-order valence-corrected chi connectivity index (χ3v) is 9.39. The molecule has 31 heavy (non-hydrogen) atoms. The van der Waals surface area contributed by atoms with Gasteiger partial charge in [-0.2, -0.15) is 4.31 Å². The zero-order valence-corrected chi connectivity index (χ0v) is 18.9. The van der Waals surface area contributed by atoms with Crippen molar-refractivity contribution >= 4 is 43.0 Å². The molecule has 0 unspecified atom stereocenters. The fraction of sp³-hybridized carbons (Fsp3) is 0.348. The van der Waals surface area contributed by atoms with E-state index in [9.17, 15) is 17.6 Å². The maximum absolute atomic E-state index is 13.7. The van der Waals surface area contributed by atoms with E-state index in [4.69, 9.17) is 0 Å². The molecular formula is C23H23FN2O3S2. The summed E-state index contributed by atoms with van der Waals surface area (Å²) in [6.07, 6.45) is 3.47. The summed E-state index contributed by atoms with van der Waals surface area (Å²) >= 11 is 1.37. The molecule has 3 aromatic rings. The lowest BCUT2D eigenvalue weighted by Crippen LogP contribution is -2.35. The normalized spacial score (nSPS) is 17.3. The van der Waals surface area contributed by atoms with Gasteiger partial charge in [0.15, 0.2) is 0 Å². The van der Waals surface area contributed by atoms with Gasteiger partial charge >= 0.3 is 0 Å². The van der Waals surface area contributed by atoms with Gasteiger partial charge in [0.05, 0.1) is 9.77 Å². The van der Waals surface area contributed by atoms with Crippen LogP contribution in [0.1, 0.15) is 40.1 Å². The molecule has 0 aliphatic carbocycles. The number of thiophene rings is 1. The number of benzene rings is 2. The van der Waals surface area contributed by atoms with Crippen LogP contribution >= 0.6 is 11.3 Å². The highest BCUT2D eigenvalue weighted by Crippen LogP contribution is 2.37. The summed E-state index contributed by atoms with van der Waals surface area (Å²) in [6, 6.07) is 9.66. The standard InChI is InChI=1S/C23H23FN2O3S2/c1-15-19-14-17(24)5-8-21(19)30-22(15)23(27)26-12-9-16-13-18(6-7-20(16)26)31(28,29)25-10-3-2-4-11-25/h5-8,13-14H,2-4,9-12H2,1H3. The quantitative estimate of drug-likeness (QED) is 0.570. The van der Waals surface area contributed by atoms with Crippen molar-refractivity contribution in [3.8, 4) is 0 Å². The van der Waals surface area contributed by atoms with Crippen LogP contribution in [-0.2, 0) is 16.4 Å². The highest BCUT2D eigenvalue weighted by Gasteiger charge is 2.31. The molecule has 162 valence electrons. The number of fused-ring (bicyclic) bond motifs is 2. The number of carbonyl (C=O) groups excluding carboxylic acids is 1. The number of hydrogen-bond donors (Lipinski definition) is 0. The Hall–Kier alpha value is -2.29. The van der Waals surface area contributed by atoms with Crippen LogP contribution in [0.4, 0.5) is 10.1 Å². The van der Waals surface area contributed by atoms with Crippen molar-refractivity contribution in [1.29, 1.82) is 0 Å². The zero-order valence-electron chi connectivity index (χ0n) is 17.2. The van der Waals surface area contributed by atoms with Gasteiger partial charge in [-0.15, -0.1) is 11.3 Å². The van der Waals surface area contributed by atoms with Crippen LogP contribution in [0.25, 0.3) is 10.1 Å². The van der Waals surface area contributed by atoms with E-state index in [0.717, 1.165) is 46.2 Å². The second-order valence-corrected chi connectivity index (χ2v) is 11.1. The topological polar surface area (TPSA) is 57.7 Å². The van der Waals surface area contributed by atoms with Crippen LogP contribution in [0.15, 0.2) is 41.3 Å². The minimum atomic E-state index is -3.51. The van der Waals surface area contributed by atoms with Crippen molar-refractivity contribution in [2.24, 2.45) is 0 Å². The summed E-state index contributed by atoms with van der Waals surface area (Å²) in [5.74, 6) is -0.439. The number of carbonyl (C=O) groups is 1. The molecule has 1 aromatic heterocycles. The largest absolute Gasteiger partial charge is 0.307 e. The van der Waals surface area contributed by atoms with Crippen molar-refractivity contribution in [3.05, 3.63) is 58.2 Å². The van der Waals surface area contributed by atoms with Crippen molar-refractivity contribution in [2.45, 2.75) is 37.5 Å². The van der Waals surface area contributed by atoms with Crippen molar-refractivity contribution in [3.63, 3.8) is 0 Å². The molecule has 0 saturated carbocycles. The SMILES string of the molecule is Cc1c(C(=O)N2CCc3cc(S(=O)(=O)N4CCCCC4)ccc32)sc2ccc(F)cc12. The van der Waals surface area contributed by atoms with Gasteiger partial charge in [-0.1, -0.05) is 6.42 Å². The molecule has 1 fully saturated rings. The molecule has 5 rings (SSSR count). The summed E-state index contributed by atoms with van der Waals surface area (Å²) in [5.41, 5.74) is 2.41. The number of amides is 1. The summed E-state index contributed by atoms with van der Waals surface area (Å²) < 4.78 is 42.1. The van der Waals surface area contributed by atoms with E-state index in [0.29, 0.717) is 35.8 Å². The fourth-order valence-electron chi connectivity index (χ4n) is 4.52. The number of anilines is 1. The van der Waals surface area contributed by atoms with Crippen molar-refractivity contribution in [1.82, 2.24) is 4.31 Å². The Kier molecular flexibility index (Phi) is 5.11. The highest BCUT2D eigenvalue weighted by atomic mass is 32.2. The molecule has 5 nitrogen and oxygen atoms in total. The van der Waals surface area contributed by atoms with E-state index in [1.165, 1.54) is 23.5 Å². The van der Waals surface area contributed by atoms with E-state index in [-0.39, 0.29) is 11.7 Å². The van der Waals surface area contributed by atoms with Gasteiger partial charge in [-0.3, -0.25) is 4.79 Å². The van der Waals surface area contributed by atoms with E-state index in [1.807, 2.05) is 6.92 Å². The molecule has 2 aliphatic heterocycles. The minimum Gasteiger partial charge on any atom is -0.307 e. The van der Waals surface area contributed by atoms with Gasteiger partial charge < -0.3 is 4.90 Å². The summed E-state index contributed by atoms with van der Waals surface area (Å²) in [7, 11) is -3.51. The summed E-state index contributed by atoms with van der Waals surface area (Å²) in [4.78, 5) is 15.9. The molecule has 8 heteroatoms. The first-order chi connectivity index (χ1) is 14.9. The maximum Gasteiger partial charge on any atom is 0.268 e. The predicted octanol–water partition coefficient (Wildman–Crippen LogP) is 4.73. The third-order valence-electron chi connectivity index (χ3n) is 6.24. The Morgan fingerprint density at radius 2 is 1.81 bits per heavy atom. The third kappa shape index (κ3) is 3.46. The lowest BCUT2D eigenvalue weighted by molar-refractivity contribution is 0.0993. The van der Waals surface area contributed by atoms with Gasteiger partial charge in [0, 0.05) is 30.0 Å². The zero-order chi connectivity index (χ0) is 21.8. The number of sulfonamides is 1. The van der Waals surface area contributed by atoms with Crippen molar-refractivity contribution < 1.29 is 17.6 Å². The van der Waals surface area contributed by atoms with Gasteiger partial charge in [-0.05, 0) is 79.1 Å². The van der Waals surface area contributed by atoms with Gasteiger partial charge in [0.2, 0.25) is 10.0 Å². The number of rotatable bonds is 3. The lowest BCUT2D eigenvalue weighted by Gasteiger charge is -2.26. The first-order valence-corrected chi connectivity index (χ1v) is 12.8. The molecule has 0 bridgehead atoms. The summed E-state index contributed by atoms with van der Waals surface area (Å²) in [5, 5.41) is 0.760.